The van der Waals surface area contributed by atoms with E-state index in [9.17, 15) is 5.11 Å². The van der Waals surface area contributed by atoms with Crippen LogP contribution in [0.3, 0.4) is 0 Å². The van der Waals surface area contributed by atoms with Gasteiger partial charge in [0.1, 0.15) is 11.6 Å². The van der Waals surface area contributed by atoms with E-state index in [-0.39, 0.29) is 41.9 Å². The second-order valence-electron chi connectivity index (χ2n) is 5.01. The lowest BCUT2D eigenvalue weighted by Crippen LogP contribution is -2.14. The monoisotopic (exact) mass is 281 g/mol. The summed E-state index contributed by atoms with van der Waals surface area (Å²) >= 11 is 6.01. The number of imidazole rings is 1. The molecule has 1 aliphatic heterocycles. The predicted molar refractivity (Wildman–Crippen MR) is 67.6 cm³/mol. The molecule has 0 bridgehead atoms. The molecule has 1 saturated heterocycles. The lowest BCUT2D eigenvalue weighted by atomic mass is 10.1. The van der Waals surface area contributed by atoms with Gasteiger partial charge in [-0.2, -0.15) is 9.97 Å². The number of hydrogen-bond acceptors (Lipinski definition) is 6. The first-order chi connectivity index (χ1) is 9.19. The lowest BCUT2D eigenvalue weighted by molar-refractivity contribution is 0.154. The fourth-order valence-electron chi connectivity index (χ4n) is 2.99. The molecule has 1 aliphatic carbocycles. The Hall–Kier alpha value is -1.44. The molecular weight excluding hydrogens is 270 g/mol. The minimum Gasteiger partial charge on any atom is -0.396 e. The molecule has 0 amide bonds. The summed E-state index contributed by atoms with van der Waals surface area (Å²) in [6.07, 6.45) is 2.82. The molecule has 7 nitrogen and oxygen atoms in total. The normalized spacial score (nSPS) is 32.7. The van der Waals surface area contributed by atoms with Crippen LogP contribution in [0.4, 0.5) is 5.95 Å². The Morgan fingerprint density at radius 3 is 3.05 bits per heavy atom. The van der Waals surface area contributed by atoms with Gasteiger partial charge in [-0.1, -0.05) is 11.6 Å². The van der Waals surface area contributed by atoms with Gasteiger partial charge in [0.05, 0.1) is 18.5 Å². The standard InChI is InChI=1S/C11H12ClN5O2/c12-9-6-10(16-11(13)15-9)17(3-14-6)5-1-4(2-18)7-8(5)19-7/h3-5,7-8,18H,1-2H2,(H2,13,15,16)/t4-,5-,7-,8+/m1/s1. The molecule has 1 saturated carbocycles. The third-order valence-corrected chi connectivity index (χ3v) is 4.20. The highest BCUT2D eigenvalue weighted by atomic mass is 35.5. The Morgan fingerprint density at radius 1 is 1.47 bits per heavy atom. The van der Waals surface area contributed by atoms with Crippen LogP contribution in [0.15, 0.2) is 6.33 Å². The van der Waals surface area contributed by atoms with Crippen LogP contribution < -0.4 is 5.73 Å². The number of aliphatic hydroxyl groups is 1. The Bertz CT molecular complexity index is 660. The SMILES string of the molecule is Nc1nc(Cl)c2ncn([C@@H]3C[C@H](CO)[C@H]4O[C@H]43)c2n1. The zero-order valence-electron chi connectivity index (χ0n) is 9.90. The molecule has 2 aromatic rings. The molecular formula is C11H12ClN5O2. The summed E-state index contributed by atoms with van der Waals surface area (Å²) in [4.78, 5) is 12.3. The molecule has 0 spiro atoms. The number of nitrogens with two attached hydrogens (primary N) is 1. The average Bonchev–Trinajstić information content (AvgIpc) is 2.91. The van der Waals surface area contributed by atoms with E-state index in [4.69, 9.17) is 22.1 Å². The van der Waals surface area contributed by atoms with Crippen molar-refractivity contribution in [1.29, 1.82) is 0 Å². The van der Waals surface area contributed by atoms with Crippen molar-refractivity contribution in [2.75, 3.05) is 12.3 Å². The number of hydrogen-bond donors (Lipinski definition) is 2. The van der Waals surface area contributed by atoms with E-state index in [1.165, 1.54) is 0 Å². The summed E-state index contributed by atoms with van der Waals surface area (Å²) in [6, 6.07) is 0.123. The number of aliphatic hydroxyl groups excluding tert-OH is 1. The summed E-state index contributed by atoms with van der Waals surface area (Å²) in [7, 11) is 0. The van der Waals surface area contributed by atoms with Gasteiger partial charge in [0.15, 0.2) is 10.8 Å². The van der Waals surface area contributed by atoms with Crippen LogP contribution in [0, 0.1) is 5.92 Å². The highest BCUT2D eigenvalue weighted by Crippen LogP contribution is 2.50. The van der Waals surface area contributed by atoms with Gasteiger partial charge >= 0.3 is 0 Å². The number of anilines is 1. The van der Waals surface area contributed by atoms with E-state index >= 15 is 0 Å². The zero-order valence-corrected chi connectivity index (χ0v) is 10.7. The minimum absolute atomic E-state index is 0.123. The van der Waals surface area contributed by atoms with E-state index in [1.54, 1.807) is 6.33 Å². The molecule has 4 atom stereocenters. The van der Waals surface area contributed by atoms with Gasteiger partial charge in [-0.15, -0.1) is 0 Å². The average molecular weight is 282 g/mol. The third kappa shape index (κ3) is 1.55. The van der Waals surface area contributed by atoms with Gasteiger partial charge in [0.25, 0.3) is 0 Å². The van der Waals surface area contributed by atoms with E-state index in [2.05, 4.69) is 15.0 Å². The van der Waals surface area contributed by atoms with Gasteiger partial charge in [-0.3, -0.25) is 0 Å². The fraction of sp³-hybridized carbons (Fsp3) is 0.545. The molecule has 0 unspecified atom stereocenters. The summed E-state index contributed by atoms with van der Waals surface area (Å²) in [6.45, 7) is 0.141. The van der Waals surface area contributed by atoms with Gasteiger partial charge < -0.3 is 20.1 Å². The molecule has 0 aromatic carbocycles. The van der Waals surface area contributed by atoms with E-state index in [0.29, 0.717) is 11.2 Å². The van der Waals surface area contributed by atoms with Gasteiger partial charge in [0, 0.05) is 12.5 Å². The first kappa shape index (κ1) is 11.4. The molecule has 4 rings (SSSR count). The van der Waals surface area contributed by atoms with Crippen molar-refractivity contribution >= 4 is 28.7 Å². The van der Waals surface area contributed by atoms with E-state index < -0.39 is 0 Å². The molecule has 0 radical (unpaired) electrons. The molecule has 2 fully saturated rings. The number of nitrogen functional groups attached to an aromatic ring is 1. The molecule has 3 N–H and O–H groups in total. The molecule has 3 heterocycles. The van der Waals surface area contributed by atoms with Gasteiger partial charge in [-0.05, 0) is 6.42 Å². The highest BCUT2D eigenvalue weighted by molar-refractivity contribution is 6.33. The van der Waals surface area contributed by atoms with Crippen LogP contribution in [-0.2, 0) is 4.74 Å². The molecule has 19 heavy (non-hydrogen) atoms. The predicted octanol–water partition coefficient (Wildman–Crippen LogP) is 0.383. The largest absolute Gasteiger partial charge is 0.396 e. The molecule has 100 valence electrons. The zero-order chi connectivity index (χ0) is 13.1. The van der Waals surface area contributed by atoms with Gasteiger partial charge in [0.2, 0.25) is 5.95 Å². The van der Waals surface area contributed by atoms with E-state index in [0.717, 1.165) is 6.42 Å². The number of epoxide rings is 1. The first-order valence-electron chi connectivity index (χ1n) is 6.11. The fourth-order valence-corrected chi connectivity index (χ4v) is 3.21. The maximum atomic E-state index is 9.31. The van der Waals surface area contributed by atoms with Crippen molar-refractivity contribution in [3.63, 3.8) is 0 Å². The van der Waals surface area contributed by atoms with Crippen LogP contribution in [0.5, 0.6) is 0 Å². The summed E-state index contributed by atoms with van der Waals surface area (Å²) in [5.41, 5.74) is 6.79. The van der Waals surface area contributed by atoms with E-state index in [1.807, 2.05) is 4.57 Å². The van der Waals surface area contributed by atoms with Crippen molar-refractivity contribution < 1.29 is 9.84 Å². The number of ether oxygens (including phenoxy) is 1. The van der Waals surface area contributed by atoms with Crippen molar-refractivity contribution in [3.05, 3.63) is 11.5 Å². The molecule has 8 heteroatoms. The number of fused-ring (bicyclic) bond motifs is 2. The minimum atomic E-state index is 0.123. The van der Waals surface area contributed by atoms with Crippen molar-refractivity contribution in [1.82, 2.24) is 19.5 Å². The Morgan fingerprint density at radius 2 is 2.32 bits per heavy atom. The van der Waals surface area contributed by atoms with Crippen LogP contribution in [0.1, 0.15) is 12.5 Å². The first-order valence-corrected chi connectivity index (χ1v) is 6.48. The highest BCUT2D eigenvalue weighted by Gasteiger charge is 2.57. The Balaban J connectivity index is 1.80. The third-order valence-electron chi connectivity index (χ3n) is 3.94. The second kappa shape index (κ2) is 3.78. The summed E-state index contributed by atoms with van der Waals surface area (Å²) in [5.74, 6) is 0.311. The molecule has 2 aliphatic rings. The summed E-state index contributed by atoms with van der Waals surface area (Å²) < 4.78 is 7.52. The van der Waals surface area contributed by atoms with Crippen molar-refractivity contribution in [2.45, 2.75) is 24.7 Å². The number of nitrogens with zero attached hydrogens (tertiary/aromatic N) is 4. The number of halogens is 1. The van der Waals surface area contributed by atoms with Crippen LogP contribution in [-0.4, -0.2) is 43.4 Å². The Kier molecular flexibility index (Phi) is 2.27. The second-order valence-corrected chi connectivity index (χ2v) is 5.37. The van der Waals surface area contributed by atoms with Crippen LogP contribution >= 0.6 is 11.6 Å². The molecule has 2 aromatic heterocycles. The topological polar surface area (TPSA) is 102 Å². The smallest absolute Gasteiger partial charge is 0.223 e. The maximum absolute atomic E-state index is 9.31. The van der Waals surface area contributed by atoms with Crippen LogP contribution in [0.2, 0.25) is 5.15 Å². The quantitative estimate of drug-likeness (QED) is 0.609. The van der Waals surface area contributed by atoms with Gasteiger partial charge in [-0.25, -0.2) is 4.98 Å². The number of rotatable bonds is 2. The lowest BCUT2D eigenvalue weighted by Gasteiger charge is -2.15. The van der Waals surface area contributed by atoms with Crippen molar-refractivity contribution in [2.24, 2.45) is 5.92 Å². The maximum Gasteiger partial charge on any atom is 0.223 e. The summed E-state index contributed by atoms with van der Waals surface area (Å²) in [5, 5.41) is 9.56. The number of aromatic nitrogens is 4. The Labute approximate surface area is 113 Å². The van der Waals surface area contributed by atoms with Crippen molar-refractivity contribution in [3.8, 4) is 0 Å². The van der Waals surface area contributed by atoms with Crippen LogP contribution in [0.25, 0.3) is 11.2 Å².